The maximum Gasteiger partial charge on any atom is 0.191 e. The zero-order valence-electron chi connectivity index (χ0n) is 19.3. The molecule has 2 N–H and O–H groups in total. The number of nitrogens with one attached hydrogen (secondary N) is 2. The molecule has 0 aliphatic rings. The molecule has 0 atom stereocenters. The van der Waals surface area contributed by atoms with E-state index in [1.54, 1.807) is 0 Å². The van der Waals surface area contributed by atoms with Gasteiger partial charge in [-0.25, -0.2) is 4.99 Å². The third-order valence-corrected chi connectivity index (χ3v) is 4.37. The fourth-order valence-electron chi connectivity index (χ4n) is 2.97. The van der Waals surface area contributed by atoms with Crippen molar-refractivity contribution >= 4 is 29.9 Å². The molecule has 7 heteroatoms. The van der Waals surface area contributed by atoms with E-state index in [-0.39, 0.29) is 29.6 Å². The maximum atomic E-state index is 5.88. The van der Waals surface area contributed by atoms with Gasteiger partial charge >= 0.3 is 0 Å². The van der Waals surface area contributed by atoms with Crippen LogP contribution in [-0.4, -0.2) is 34.4 Å². The Morgan fingerprint density at radius 1 is 1.13 bits per heavy atom. The molecule has 2 rings (SSSR count). The summed E-state index contributed by atoms with van der Waals surface area (Å²) in [5, 5.41) is 11.2. The molecule has 0 unspecified atom stereocenters. The zero-order valence-corrected chi connectivity index (χ0v) is 21.6. The van der Waals surface area contributed by atoms with Crippen LogP contribution in [0.4, 0.5) is 0 Å². The Kier molecular flexibility index (Phi) is 11.4. The van der Waals surface area contributed by atoms with E-state index in [9.17, 15) is 0 Å². The minimum absolute atomic E-state index is 0. The van der Waals surface area contributed by atoms with Crippen molar-refractivity contribution in [2.75, 3.05) is 13.1 Å². The summed E-state index contributed by atoms with van der Waals surface area (Å²) in [7, 11) is 0. The number of rotatable bonds is 9. The van der Waals surface area contributed by atoms with Crippen molar-refractivity contribution in [1.29, 1.82) is 0 Å². The monoisotopic (exact) mass is 527 g/mol. The lowest BCUT2D eigenvalue weighted by atomic mass is 10.1. The predicted octanol–water partition coefficient (Wildman–Crippen LogP) is 4.58. The summed E-state index contributed by atoms with van der Waals surface area (Å²) in [6.07, 6.45) is 0.992. The third-order valence-electron chi connectivity index (χ3n) is 4.37. The van der Waals surface area contributed by atoms with E-state index in [2.05, 4.69) is 85.4 Å². The van der Waals surface area contributed by atoms with Gasteiger partial charge in [0.1, 0.15) is 0 Å². The smallest absolute Gasteiger partial charge is 0.191 e. The number of hydrogen-bond acceptors (Lipinski definition) is 3. The molecular formula is C23H38IN5O. The number of ether oxygens (including phenoxy) is 1. The standard InChI is InChI=1S/C23H37N5O.HI/c1-7-24-22(25-12-9-13-28-19(3)14-18(2)27-28)26-16-20-10-8-11-21(15-20)17-29-23(4,5)6;/h8,10-11,14-15H,7,9,12-13,16-17H2,1-6H3,(H2,24,25,26);1H. The highest BCUT2D eigenvalue weighted by atomic mass is 127. The lowest BCUT2D eigenvalue weighted by molar-refractivity contribution is -0.0149. The molecule has 2 aromatic rings. The number of aliphatic imine (C=N–C) groups is 1. The van der Waals surface area contributed by atoms with Crippen LogP contribution in [0.3, 0.4) is 0 Å². The van der Waals surface area contributed by atoms with Crippen LogP contribution in [0.15, 0.2) is 35.3 Å². The first-order chi connectivity index (χ1) is 13.8. The summed E-state index contributed by atoms with van der Waals surface area (Å²) >= 11 is 0. The van der Waals surface area contributed by atoms with Crippen molar-refractivity contribution < 1.29 is 4.74 Å². The number of hydrogen-bond donors (Lipinski definition) is 2. The third kappa shape index (κ3) is 9.93. The van der Waals surface area contributed by atoms with Gasteiger partial charge in [-0.3, -0.25) is 4.68 Å². The van der Waals surface area contributed by atoms with Gasteiger partial charge in [0, 0.05) is 25.3 Å². The Morgan fingerprint density at radius 3 is 2.50 bits per heavy atom. The minimum Gasteiger partial charge on any atom is -0.371 e. The molecule has 0 aliphatic carbocycles. The van der Waals surface area contributed by atoms with Crippen LogP contribution in [0.25, 0.3) is 0 Å². The molecule has 0 radical (unpaired) electrons. The highest BCUT2D eigenvalue weighted by molar-refractivity contribution is 14.0. The number of aryl methyl sites for hydroxylation is 3. The first-order valence-corrected chi connectivity index (χ1v) is 10.5. The van der Waals surface area contributed by atoms with Crippen LogP contribution in [0.2, 0.25) is 0 Å². The van der Waals surface area contributed by atoms with Crippen molar-refractivity contribution in [2.45, 2.75) is 73.3 Å². The molecule has 0 amide bonds. The lowest BCUT2D eigenvalue weighted by Crippen LogP contribution is -2.38. The van der Waals surface area contributed by atoms with Crippen molar-refractivity contribution in [3.05, 3.63) is 52.8 Å². The predicted molar refractivity (Wildman–Crippen MR) is 136 cm³/mol. The van der Waals surface area contributed by atoms with E-state index in [1.165, 1.54) is 16.8 Å². The minimum atomic E-state index is -0.135. The largest absolute Gasteiger partial charge is 0.371 e. The van der Waals surface area contributed by atoms with E-state index in [4.69, 9.17) is 9.73 Å². The summed E-state index contributed by atoms with van der Waals surface area (Å²) in [6, 6.07) is 10.6. The molecule has 0 bridgehead atoms. The molecule has 1 heterocycles. The van der Waals surface area contributed by atoms with Crippen LogP contribution < -0.4 is 10.6 Å². The second kappa shape index (κ2) is 12.9. The van der Waals surface area contributed by atoms with E-state index in [0.717, 1.165) is 37.7 Å². The summed E-state index contributed by atoms with van der Waals surface area (Å²) in [5.74, 6) is 0.845. The van der Waals surface area contributed by atoms with Crippen LogP contribution in [0.1, 0.15) is 56.6 Å². The van der Waals surface area contributed by atoms with Gasteiger partial charge < -0.3 is 15.4 Å². The lowest BCUT2D eigenvalue weighted by Gasteiger charge is -2.19. The average molecular weight is 527 g/mol. The molecule has 168 valence electrons. The van der Waals surface area contributed by atoms with Crippen molar-refractivity contribution in [3.8, 4) is 0 Å². The molecule has 1 aromatic carbocycles. The number of aromatic nitrogens is 2. The Labute approximate surface area is 198 Å². The van der Waals surface area contributed by atoms with E-state index in [0.29, 0.717) is 13.2 Å². The van der Waals surface area contributed by atoms with E-state index >= 15 is 0 Å². The summed E-state index contributed by atoms with van der Waals surface area (Å²) < 4.78 is 7.94. The SMILES string of the molecule is CCNC(=NCc1cccc(COC(C)(C)C)c1)NCCCn1nc(C)cc1C.I. The van der Waals surface area contributed by atoms with E-state index < -0.39 is 0 Å². The molecule has 30 heavy (non-hydrogen) atoms. The van der Waals surface area contributed by atoms with Gasteiger partial charge in [-0.2, -0.15) is 5.10 Å². The Hall–Kier alpha value is -1.61. The summed E-state index contributed by atoms with van der Waals surface area (Å²) in [6.45, 7) is 16.3. The highest BCUT2D eigenvalue weighted by Gasteiger charge is 2.10. The molecule has 6 nitrogen and oxygen atoms in total. The van der Waals surface area contributed by atoms with Gasteiger partial charge in [-0.1, -0.05) is 24.3 Å². The summed E-state index contributed by atoms with van der Waals surface area (Å²) in [4.78, 5) is 4.73. The Balaban J connectivity index is 0.00000450. The van der Waals surface area contributed by atoms with Crippen LogP contribution >= 0.6 is 24.0 Å². The molecule has 0 saturated carbocycles. The van der Waals surface area contributed by atoms with E-state index in [1.807, 2.05) is 6.92 Å². The second-order valence-corrected chi connectivity index (χ2v) is 8.35. The molecule has 1 aromatic heterocycles. The van der Waals surface area contributed by atoms with Gasteiger partial charge in [0.15, 0.2) is 5.96 Å². The molecule has 0 saturated heterocycles. The van der Waals surface area contributed by atoms with Crippen LogP contribution in [0, 0.1) is 13.8 Å². The number of benzene rings is 1. The maximum absolute atomic E-state index is 5.88. The number of guanidine groups is 1. The second-order valence-electron chi connectivity index (χ2n) is 8.35. The number of nitrogens with zero attached hydrogens (tertiary/aromatic N) is 3. The normalized spacial score (nSPS) is 11.9. The van der Waals surface area contributed by atoms with Gasteiger partial charge in [0.25, 0.3) is 0 Å². The average Bonchev–Trinajstić information content (AvgIpc) is 2.98. The first-order valence-electron chi connectivity index (χ1n) is 10.5. The van der Waals surface area contributed by atoms with Gasteiger partial charge in [-0.15, -0.1) is 24.0 Å². The zero-order chi connectivity index (χ0) is 21.3. The topological polar surface area (TPSA) is 63.5 Å². The van der Waals surface area contributed by atoms with Gasteiger partial charge in [-0.05, 0) is 65.2 Å². The van der Waals surface area contributed by atoms with Crippen molar-refractivity contribution in [3.63, 3.8) is 0 Å². The van der Waals surface area contributed by atoms with Gasteiger partial charge in [0.05, 0.1) is 24.4 Å². The van der Waals surface area contributed by atoms with Gasteiger partial charge in [0.2, 0.25) is 0 Å². The quantitative estimate of drug-likeness (QED) is 0.217. The number of halogens is 1. The first kappa shape index (κ1) is 26.4. The van der Waals surface area contributed by atoms with Crippen molar-refractivity contribution in [2.24, 2.45) is 4.99 Å². The van der Waals surface area contributed by atoms with Crippen LogP contribution in [0.5, 0.6) is 0 Å². The van der Waals surface area contributed by atoms with Crippen LogP contribution in [-0.2, 0) is 24.4 Å². The molecule has 0 spiro atoms. The Bertz CT molecular complexity index is 795. The Morgan fingerprint density at radius 2 is 1.87 bits per heavy atom. The van der Waals surface area contributed by atoms with Crippen molar-refractivity contribution in [1.82, 2.24) is 20.4 Å². The summed E-state index contributed by atoms with van der Waals surface area (Å²) in [5.41, 5.74) is 4.50. The fraction of sp³-hybridized carbons (Fsp3) is 0.565. The fourth-order valence-corrected chi connectivity index (χ4v) is 2.97. The highest BCUT2D eigenvalue weighted by Crippen LogP contribution is 2.13. The molecule has 0 fully saturated rings. The molecule has 0 aliphatic heterocycles. The molecular weight excluding hydrogens is 489 g/mol.